The minimum atomic E-state index is -0.591. The summed E-state index contributed by atoms with van der Waals surface area (Å²) < 4.78 is 0. The lowest BCUT2D eigenvalue weighted by molar-refractivity contribution is 0.0673. The van der Waals surface area contributed by atoms with Crippen LogP contribution in [0.25, 0.3) is 0 Å². The first-order chi connectivity index (χ1) is 6.73. The fourth-order valence-electron chi connectivity index (χ4n) is 2.70. The molecule has 0 amide bonds. The summed E-state index contributed by atoms with van der Waals surface area (Å²) in [6.07, 6.45) is 6.71. The molecule has 0 heterocycles. The van der Waals surface area contributed by atoms with Gasteiger partial charge < -0.3 is 5.11 Å². The highest BCUT2D eigenvalue weighted by molar-refractivity contribution is 5.21. The predicted molar refractivity (Wildman–Crippen MR) is 65.8 cm³/mol. The summed E-state index contributed by atoms with van der Waals surface area (Å²) in [7, 11) is 0. The first kappa shape index (κ1) is 12.8. The van der Waals surface area contributed by atoms with Gasteiger partial charge in [0, 0.05) is 0 Å². The van der Waals surface area contributed by atoms with Crippen LogP contribution in [-0.2, 0) is 0 Å². The van der Waals surface area contributed by atoms with Crippen LogP contribution in [0, 0.1) is 11.3 Å². The maximum Gasteiger partial charge on any atom is 0.0831 e. The minimum absolute atomic E-state index is 0.272. The van der Waals surface area contributed by atoms with Gasteiger partial charge in [-0.05, 0) is 49.5 Å². The van der Waals surface area contributed by atoms with E-state index >= 15 is 0 Å². The second kappa shape index (κ2) is 4.29. The summed E-state index contributed by atoms with van der Waals surface area (Å²) >= 11 is 0. The van der Waals surface area contributed by atoms with Gasteiger partial charge in [0.1, 0.15) is 0 Å². The third kappa shape index (κ3) is 3.64. The molecule has 1 aliphatic carbocycles. The van der Waals surface area contributed by atoms with Crippen LogP contribution < -0.4 is 0 Å². The van der Waals surface area contributed by atoms with E-state index in [0.717, 1.165) is 12.8 Å². The zero-order valence-corrected chi connectivity index (χ0v) is 10.9. The summed E-state index contributed by atoms with van der Waals surface area (Å²) in [4.78, 5) is 0. The maximum absolute atomic E-state index is 10.5. The molecule has 1 N–H and O–H groups in total. The van der Waals surface area contributed by atoms with Crippen molar-refractivity contribution in [3.8, 4) is 0 Å². The van der Waals surface area contributed by atoms with E-state index in [2.05, 4.69) is 33.8 Å². The lowest BCUT2D eigenvalue weighted by atomic mass is 9.73. The van der Waals surface area contributed by atoms with Crippen LogP contribution in [-0.4, -0.2) is 10.7 Å². The average Bonchev–Trinajstić information content (AvgIpc) is 1.99. The van der Waals surface area contributed by atoms with Gasteiger partial charge in [-0.2, -0.15) is 0 Å². The summed E-state index contributed by atoms with van der Waals surface area (Å²) in [5, 5.41) is 10.5. The molecule has 1 unspecified atom stereocenters. The summed E-state index contributed by atoms with van der Waals surface area (Å²) in [6.45, 7) is 10.8. The van der Waals surface area contributed by atoms with Crippen LogP contribution in [0.2, 0.25) is 0 Å². The van der Waals surface area contributed by atoms with Crippen molar-refractivity contribution in [3.05, 3.63) is 11.6 Å². The maximum atomic E-state index is 10.5. The SMILES string of the molecule is CC(C)CC(C)(O)C1=CC(C)(C)CCC1. The van der Waals surface area contributed by atoms with Crippen LogP contribution in [0.5, 0.6) is 0 Å². The van der Waals surface area contributed by atoms with Crippen molar-refractivity contribution < 1.29 is 5.11 Å². The van der Waals surface area contributed by atoms with Crippen molar-refractivity contribution in [2.45, 2.75) is 65.9 Å². The molecule has 1 rings (SSSR count). The van der Waals surface area contributed by atoms with E-state index in [-0.39, 0.29) is 5.41 Å². The van der Waals surface area contributed by atoms with E-state index in [1.54, 1.807) is 0 Å². The number of aliphatic hydroxyl groups is 1. The lowest BCUT2D eigenvalue weighted by Crippen LogP contribution is -2.32. The van der Waals surface area contributed by atoms with Crippen molar-refractivity contribution in [1.82, 2.24) is 0 Å². The molecule has 0 saturated carbocycles. The minimum Gasteiger partial charge on any atom is -0.386 e. The molecule has 0 aromatic carbocycles. The Bertz CT molecular complexity index is 246. The first-order valence-corrected chi connectivity index (χ1v) is 6.17. The second-order valence-electron chi connectivity index (χ2n) is 6.38. The summed E-state index contributed by atoms with van der Waals surface area (Å²) in [5.74, 6) is 0.547. The fourth-order valence-corrected chi connectivity index (χ4v) is 2.70. The Morgan fingerprint density at radius 1 is 1.47 bits per heavy atom. The Morgan fingerprint density at radius 3 is 2.53 bits per heavy atom. The van der Waals surface area contributed by atoms with Gasteiger partial charge in [0.2, 0.25) is 0 Å². The molecule has 1 nitrogen and oxygen atoms in total. The summed E-state index contributed by atoms with van der Waals surface area (Å²) in [6, 6.07) is 0. The molecule has 88 valence electrons. The van der Waals surface area contributed by atoms with Gasteiger partial charge >= 0.3 is 0 Å². The predicted octanol–water partition coefficient (Wildman–Crippen LogP) is 3.92. The van der Waals surface area contributed by atoms with Gasteiger partial charge in [-0.1, -0.05) is 33.8 Å². The Balaban J connectivity index is 2.82. The number of rotatable bonds is 3. The van der Waals surface area contributed by atoms with Crippen molar-refractivity contribution in [1.29, 1.82) is 0 Å². The smallest absolute Gasteiger partial charge is 0.0831 e. The van der Waals surface area contributed by atoms with Crippen molar-refractivity contribution in [3.63, 3.8) is 0 Å². The molecule has 0 bridgehead atoms. The molecule has 0 aromatic rings. The van der Waals surface area contributed by atoms with Crippen LogP contribution in [0.1, 0.15) is 60.3 Å². The van der Waals surface area contributed by atoms with E-state index in [0.29, 0.717) is 5.92 Å². The van der Waals surface area contributed by atoms with Crippen LogP contribution in [0.4, 0.5) is 0 Å². The van der Waals surface area contributed by atoms with Crippen molar-refractivity contribution in [2.75, 3.05) is 0 Å². The number of hydrogen-bond acceptors (Lipinski definition) is 1. The Kier molecular flexibility index (Phi) is 3.65. The molecule has 15 heavy (non-hydrogen) atoms. The van der Waals surface area contributed by atoms with Gasteiger partial charge in [0.15, 0.2) is 0 Å². The highest BCUT2D eigenvalue weighted by atomic mass is 16.3. The first-order valence-electron chi connectivity index (χ1n) is 6.17. The zero-order valence-electron chi connectivity index (χ0n) is 10.9. The van der Waals surface area contributed by atoms with E-state index in [4.69, 9.17) is 0 Å². The van der Waals surface area contributed by atoms with E-state index in [1.165, 1.54) is 18.4 Å². The topological polar surface area (TPSA) is 20.2 Å². The van der Waals surface area contributed by atoms with Crippen molar-refractivity contribution >= 4 is 0 Å². The van der Waals surface area contributed by atoms with Gasteiger partial charge in [0.25, 0.3) is 0 Å². The summed E-state index contributed by atoms with van der Waals surface area (Å²) in [5.41, 5.74) is 0.938. The molecule has 0 radical (unpaired) electrons. The molecule has 1 aliphatic rings. The van der Waals surface area contributed by atoms with Gasteiger partial charge in [0.05, 0.1) is 5.60 Å². The monoisotopic (exact) mass is 210 g/mol. The third-order valence-electron chi connectivity index (χ3n) is 3.33. The second-order valence-corrected chi connectivity index (χ2v) is 6.38. The normalized spacial score (nSPS) is 24.9. The molecule has 0 spiro atoms. The lowest BCUT2D eigenvalue weighted by Gasteiger charge is -2.35. The molecule has 1 heteroatoms. The molecule has 0 aliphatic heterocycles. The van der Waals surface area contributed by atoms with Crippen LogP contribution in [0.15, 0.2) is 11.6 Å². The number of allylic oxidation sites excluding steroid dienone is 1. The largest absolute Gasteiger partial charge is 0.386 e. The molecular weight excluding hydrogens is 184 g/mol. The van der Waals surface area contributed by atoms with Gasteiger partial charge in [-0.3, -0.25) is 0 Å². The molecule has 0 fully saturated rings. The van der Waals surface area contributed by atoms with E-state index < -0.39 is 5.60 Å². The Labute approximate surface area is 94.6 Å². The van der Waals surface area contributed by atoms with Gasteiger partial charge in [-0.25, -0.2) is 0 Å². The van der Waals surface area contributed by atoms with E-state index in [1.807, 2.05) is 6.92 Å². The average molecular weight is 210 g/mol. The zero-order chi connectivity index (χ0) is 11.7. The number of hydrogen-bond donors (Lipinski definition) is 1. The molecule has 0 saturated heterocycles. The van der Waals surface area contributed by atoms with E-state index in [9.17, 15) is 5.11 Å². The highest BCUT2D eigenvalue weighted by Gasteiger charge is 2.31. The standard InChI is InChI=1S/C14H26O/c1-11(2)9-14(5,15)12-7-6-8-13(3,4)10-12/h10-11,15H,6-9H2,1-5H3. The molecular formula is C14H26O. The highest BCUT2D eigenvalue weighted by Crippen LogP contribution is 2.39. The third-order valence-corrected chi connectivity index (χ3v) is 3.33. The van der Waals surface area contributed by atoms with Gasteiger partial charge in [-0.15, -0.1) is 0 Å². The quantitative estimate of drug-likeness (QED) is 0.700. The van der Waals surface area contributed by atoms with Crippen LogP contribution in [0.3, 0.4) is 0 Å². The Hall–Kier alpha value is -0.300. The fraction of sp³-hybridized carbons (Fsp3) is 0.857. The molecule has 0 aromatic heterocycles. The van der Waals surface area contributed by atoms with Crippen LogP contribution >= 0.6 is 0 Å². The Morgan fingerprint density at radius 2 is 2.07 bits per heavy atom. The van der Waals surface area contributed by atoms with Crippen molar-refractivity contribution in [2.24, 2.45) is 11.3 Å². The molecule has 1 atom stereocenters.